The molecule has 0 saturated heterocycles. The van der Waals surface area contributed by atoms with Crippen molar-refractivity contribution in [3.05, 3.63) is 85.1 Å². The molecule has 338 valence electrons. The largest absolute Gasteiger partial charge is 0.756 e. The van der Waals surface area contributed by atoms with Crippen molar-refractivity contribution >= 4 is 19.8 Å². The first-order valence-corrected chi connectivity index (χ1v) is 24.3. The number of hydrogen-bond acceptors (Lipinski definition) is 8. The SMILES string of the molecule is CC/C=C\C/C=C\C/C=C\C/C=C\C/C=C\C/C=C\CCCCCCCCC(=O)OC(COC(=O)CCCCCCC/C=C\CCC)COP(=O)([O-])OCC[N+](C)(C)C. The van der Waals surface area contributed by atoms with E-state index in [4.69, 9.17) is 18.5 Å². The van der Waals surface area contributed by atoms with Gasteiger partial charge in [0.15, 0.2) is 6.10 Å². The molecule has 0 heterocycles. The van der Waals surface area contributed by atoms with E-state index in [2.05, 4.69) is 98.9 Å². The van der Waals surface area contributed by atoms with Crippen molar-refractivity contribution in [1.82, 2.24) is 0 Å². The molecule has 0 aromatic rings. The van der Waals surface area contributed by atoms with Gasteiger partial charge in [0.05, 0.1) is 27.7 Å². The van der Waals surface area contributed by atoms with E-state index in [1.165, 1.54) is 6.42 Å². The van der Waals surface area contributed by atoms with Crippen LogP contribution in [0.15, 0.2) is 85.1 Å². The van der Waals surface area contributed by atoms with E-state index in [0.717, 1.165) is 116 Å². The number of rotatable bonds is 40. The quantitative estimate of drug-likeness (QED) is 0.0197. The van der Waals surface area contributed by atoms with Gasteiger partial charge in [0, 0.05) is 12.8 Å². The van der Waals surface area contributed by atoms with Crippen LogP contribution >= 0.6 is 7.82 Å². The van der Waals surface area contributed by atoms with Crippen molar-refractivity contribution in [2.75, 3.05) is 47.5 Å². The standard InChI is InChI=1S/C49H84NO8P/c1-6-8-10-12-14-16-18-19-20-21-22-23-24-25-26-27-28-29-30-31-32-34-36-38-40-42-49(52)58-47(46-57-59(53,54)56-44-43-50(3,4)5)45-55-48(51)41-39-37-35-33-17-15-13-11-9-7-2/h8,10-11,13-14,16,19-20,22-23,25-26,28-29,47H,6-7,9,12,15,17-18,21,24,27,30-46H2,1-5H3/b10-8-,13-11-,16-14-,20-19-,23-22-,26-25-,29-28-. The summed E-state index contributed by atoms with van der Waals surface area (Å²) in [5, 5.41) is 0. The number of hydrogen-bond donors (Lipinski definition) is 0. The molecule has 0 saturated carbocycles. The molecule has 2 atom stereocenters. The number of esters is 2. The Morgan fingerprint density at radius 2 is 0.966 bits per heavy atom. The van der Waals surface area contributed by atoms with E-state index < -0.39 is 32.5 Å². The first kappa shape index (κ1) is 56.2. The summed E-state index contributed by atoms with van der Waals surface area (Å²) >= 11 is 0. The molecule has 0 spiro atoms. The topological polar surface area (TPSA) is 111 Å². The summed E-state index contributed by atoms with van der Waals surface area (Å²) in [6.07, 6.45) is 51.9. The second-order valence-corrected chi connectivity index (χ2v) is 17.4. The van der Waals surface area contributed by atoms with E-state index in [0.29, 0.717) is 23.9 Å². The lowest BCUT2D eigenvalue weighted by atomic mass is 10.1. The number of ether oxygens (including phenoxy) is 2. The van der Waals surface area contributed by atoms with E-state index >= 15 is 0 Å². The van der Waals surface area contributed by atoms with Gasteiger partial charge >= 0.3 is 11.9 Å². The molecule has 59 heavy (non-hydrogen) atoms. The van der Waals surface area contributed by atoms with Crippen LogP contribution in [0.4, 0.5) is 0 Å². The Balaban J connectivity index is 4.31. The molecule has 0 N–H and O–H groups in total. The predicted molar refractivity (Wildman–Crippen MR) is 245 cm³/mol. The van der Waals surface area contributed by atoms with Crippen LogP contribution in [0.3, 0.4) is 0 Å². The molecule has 0 fully saturated rings. The third-order valence-electron chi connectivity index (χ3n) is 9.13. The highest BCUT2D eigenvalue weighted by Crippen LogP contribution is 2.38. The fourth-order valence-electron chi connectivity index (χ4n) is 5.60. The monoisotopic (exact) mass is 846 g/mol. The molecule has 0 radical (unpaired) electrons. The number of carbonyl (C=O) groups is 2. The average molecular weight is 846 g/mol. The summed E-state index contributed by atoms with van der Waals surface area (Å²) in [5.41, 5.74) is 0. The molecular formula is C49H84NO8P. The summed E-state index contributed by atoms with van der Waals surface area (Å²) in [4.78, 5) is 37.5. The minimum atomic E-state index is -4.63. The Morgan fingerprint density at radius 1 is 0.542 bits per heavy atom. The number of phosphoric acid groups is 1. The number of carbonyl (C=O) groups excluding carboxylic acids is 2. The number of allylic oxidation sites excluding steroid dienone is 14. The second kappa shape index (κ2) is 40.6. The molecule has 0 aliphatic rings. The predicted octanol–water partition coefficient (Wildman–Crippen LogP) is 12.6. The normalized spacial score (nSPS) is 14.3. The first-order valence-electron chi connectivity index (χ1n) is 22.8. The summed E-state index contributed by atoms with van der Waals surface area (Å²) in [6.45, 7) is 4.00. The van der Waals surface area contributed by atoms with Gasteiger partial charge in [0.2, 0.25) is 0 Å². The Bertz CT molecular complexity index is 1280. The van der Waals surface area contributed by atoms with Gasteiger partial charge in [-0.2, -0.15) is 0 Å². The van der Waals surface area contributed by atoms with Crippen LogP contribution in [-0.2, 0) is 32.7 Å². The Labute approximate surface area is 361 Å². The zero-order chi connectivity index (χ0) is 43.6. The minimum absolute atomic E-state index is 0.0399. The van der Waals surface area contributed by atoms with E-state index in [-0.39, 0.29) is 26.1 Å². The minimum Gasteiger partial charge on any atom is -0.756 e. The lowest BCUT2D eigenvalue weighted by Gasteiger charge is -2.28. The summed E-state index contributed by atoms with van der Waals surface area (Å²) < 4.78 is 33.8. The van der Waals surface area contributed by atoms with Crippen molar-refractivity contribution in [1.29, 1.82) is 0 Å². The molecule has 0 amide bonds. The van der Waals surface area contributed by atoms with E-state index in [1.54, 1.807) is 0 Å². The number of nitrogens with zero attached hydrogens (tertiary/aromatic N) is 1. The van der Waals surface area contributed by atoms with Gasteiger partial charge in [0.25, 0.3) is 7.82 Å². The Hall–Kier alpha value is -2.81. The molecule has 10 heteroatoms. The number of unbranched alkanes of at least 4 members (excludes halogenated alkanes) is 12. The van der Waals surface area contributed by atoms with Crippen LogP contribution in [0.1, 0.15) is 162 Å². The lowest BCUT2D eigenvalue weighted by molar-refractivity contribution is -0.870. The average Bonchev–Trinajstić information content (AvgIpc) is 3.19. The van der Waals surface area contributed by atoms with Gasteiger partial charge < -0.3 is 27.9 Å². The van der Waals surface area contributed by atoms with Crippen molar-refractivity contribution in [3.63, 3.8) is 0 Å². The van der Waals surface area contributed by atoms with Crippen molar-refractivity contribution in [2.24, 2.45) is 0 Å². The second-order valence-electron chi connectivity index (χ2n) is 16.0. The van der Waals surface area contributed by atoms with Gasteiger partial charge in [-0.3, -0.25) is 14.2 Å². The third-order valence-corrected chi connectivity index (χ3v) is 10.1. The number of phosphoric ester groups is 1. The van der Waals surface area contributed by atoms with Gasteiger partial charge in [0.1, 0.15) is 19.8 Å². The van der Waals surface area contributed by atoms with Crippen LogP contribution in [0.25, 0.3) is 0 Å². The Morgan fingerprint density at radius 3 is 1.46 bits per heavy atom. The van der Waals surface area contributed by atoms with Gasteiger partial charge in [-0.25, -0.2) is 0 Å². The first-order chi connectivity index (χ1) is 28.5. The van der Waals surface area contributed by atoms with Crippen LogP contribution in [0.2, 0.25) is 0 Å². The van der Waals surface area contributed by atoms with E-state index in [1.807, 2.05) is 21.1 Å². The number of likely N-dealkylation sites (N-methyl/N-ethyl adjacent to an activating group) is 1. The zero-order valence-corrected chi connectivity index (χ0v) is 38.8. The van der Waals surface area contributed by atoms with Crippen molar-refractivity contribution in [3.8, 4) is 0 Å². The smallest absolute Gasteiger partial charge is 0.306 e. The van der Waals surface area contributed by atoms with Gasteiger partial charge in [-0.05, 0) is 83.5 Å². The van der Waals surface area contributed by atoms with Crippen LogP contribution in [0.5, 0.6) is 0 Å². The zero-order valence-electron chi connectivity index (χ0n) is 37.9. The van der Waals surface area contributed by atoms with E-state index in [9.17, 15) is 19.0 Å². The van der Waals surface area contributed by atoms with Crippen LogP contribution in [0, 0.1) is 0 Å². The van der Waals surface area contributed by atoms with Crippen molar-refractivity contribution < 1.29 is 42.1 Å². The molecule has 9 nitrogen and oxygen atoms in total. The highest BCUT2D eigenvalue weighted by Gasteiger charge is 2.21. The maximum absolute atomic E-state index is 12.7. The fourth-order valence-corrected chi connectivity index (χ4v) is 6.33. The third kappa shape index (κ3) is 44.6. The highest BCUT2D eigenvalue weighted by molar-refractivity contribution is 7.45. The summed E-state index contributed by atoms with van der Waals surface area (Å²) in [6, 6.07) is 0. The summed E-state index contributed by atoms with van der Waals surface area (Å²) in [7, 11) is 1.13. The molecule has 0 rings (SSSR count). The molecule has 0 aromatic carbocycles. The van der Waals surface area contributed by atoms with Crippen LogP contribution in [-0.4, -0.2) is 70.0 Å². The molecule has 0 bridgehead atoms. The molecule has 0 aliphatic heterocycles. The molecule has 2 unspecified atom stereocenters. The summed E-state index contributed by atoms with van der Waals surface area (Å²) in [5.74, 6) is -0.873. The molecule has 0 aromatic heterocycles. The maximum Gasteiger partial charge on any atom is 0.306 e. The highest BCUT2D eigenvalue weighted by atomic mass is 31.2. The van der Waals surface area contributed by atoms with Gasteiger partial charge in [-0.15, -0.1) is 0 Å². The fraction of sp³-hybridized carbons (Fsp3) is 0.673. The number of quaternary nitrogens is 1. The molecule has 0 aliphatic carbocycles. The van der Waals surface area contributed by atoms with Gasteiger partial charge in [-0.1, -0.05) is 150 Å². The van der Waals surface area contributed by atoms with Crippen LogP contribution < -0.4 is 4.89 Å². The molecular weight excluding hydrogens is 762 g/mol. The lowest BCUT2D eigenvalue weighted by Crippen LogP contribution is -2.37. The van der Waals surface area contributed by atoms with Crippen molar-refractivity contribution in [2.45, 2.75) is 168 Å². The Kier molecular flexibility index (Phi) is 38.7. The maximum atomic E-state index is 12.7.